The lowest BCUT2D eigenvalue weighted by molar-refractivity contribution is 0.0969. The molecule has 0 spiro atoms. The largest absolute Gasteiger partial charge is 0.292 e. The molecular weight excluding hydrogens is 262 g/mol. The van der Waals surface area contributed by atoms with Crippen molar-refractivity contribution in [2.45, 2.75) is 6.54 Å². The van der Waals surface area contributed by atoms with Crippen LogP contribution in [0.25, 0.3) is 10.8 Å². The smallest absolute Gasteiger partial charge is 0.184 e. The number of benzene rings is 2. The van der Waals surface area contributed by atoms with Crippen molar-refractivity contribution in [2.75, 3.05) is 0 Å². The molecular formula is C14H12ClN3O. The van der Waals surface area contributed by atoms with Gasteiger partial charge in [-0.25, -0.2) is 9.67 Å². The summed E-state index contributed by atoms with van der Waals surface area (Å²) in [6.45, 7) is 0.216. The number of ketones is 1. The van der Waals surface area contributed by atoms with E-state index in [1.54, 1.807) is 6.33 Å². The van der Waals surface area contributed by atoms with Crippen LogP contribution in [0.4, 0.5) is 0 Å². The van der Waals surface area contributed by atoms with E-state index >= 15 is 0 Å². The van der Waals surface area contributed by atoms with Gasteiger partial charge in [-0.3, -0.25) is 4.79 Å². The molecule has 96 valence electrons. The average molecular weight is 274 g/mol. The summed E-state index contributed by atoms with van der Waals surface area (Å²) in [5, 5.41) is 5.99. The summed E-state index contributed by atoms with van der Waals surface area (Å²) in [7, 11) is 0. The first-order valence-electron chi connectivity index (χ1n) is 5.68. The summed E-state index contributed by atoms with van der Waals surface area (Å²) in [4.78, 5) is 16.1. The second kappa shape index (κ2) is 5.63. The van der Waals surface area contributed by atoms with E-state index in [9.17, 15) is 4.79 Å². The number of carbonyl (C=O) groups excluding carboxylic acids is 1. The van der Waals surface area contributed by atoms with Crippen LogP contribution in [0.3, 0.4) is 0 Å². The van der Waals surface area contributed by atoms with Crippen LogP contribution in [0.15, 0.2) is 55.1 Å². The van der Waals surface area contributed by atoms with E-state index < -0.39 is 0 Å². The maximum absolute atomic E-state index is 12.2. The van der Waals surface area contributed by atoms with Crippen LogP contribution in [-0.4, -0.2) is 20.5 Å². The molecule has 4 nitrogen and oxygen atoms in total. The van der Waals surface area contributed by atoms with Crippen molar-refractivity contribution in [3.8, 4) is 0 Å². The van der Waals surface area contributed by atoms with Gasteiger partial charge in [0, 0.05) is 5.56 Å². The van der Waals surface area contributed by atoms with Crippen LogP contribution >= 0.6 is 12.4 Å². The number of carbonyl (C=O) groups is 1. The highest BCUT2D eigenvalue weighted by Gasteiger charge is 2.10. The number of rotatable bonds is 3. The Balaban J connectivity index is 0.00000133. The Labute approximate surface area is 116 Å². The van der Waals surface area contributed by atoms with Gasteiger partial charge in [-0.1, -0.05) is 42.5 Å². The number of aromatic nitrogens is 3. The molecule has 0 saturated carbocycles. The lowest BCUT2D eigenvalue weighted by Gasteiger charge is -2.05. The zero-order chi connectivity index (χ0) is 12.4. The van der Waals surface area contributed by atoms with Gasteiger partial charge in [0.1, 0.15) is 19.2 Å². The van der Waals surface area contributed by atoms with Crippen LogP contribution in [-0.2, 0) is 6.54 Å². The minimum Gasteiger partial charge on any atom is -0.292 e. The van der Waals surface area contributed by atoms with Crippen molar-refractivity contribution in [3.05, 3.63) is 60.7 Å². The maximum atomic E-state index is 12.2. The molecule has 0 aliphatic rings. The molecule has 0 aliphatic carbocycles. The molecule has 0 amide bonds. The van der Waals surface area contributed by atoms with Crippen LogP contribution in [0, 0.1) is 0 Å². The number of halogens is 1. The van der Waals surface area contributed by atoms with Crippen LogP contribution < -0.4 is 0 Å². The van der Waals surface area contributed by atoms with Gasteiger partial charge in [-0.15, -0.1) is 12.4 Å². The number of fused-ring (bicyclic) bond motifs is 1. The lowest BCUT2D eigenvalue weighted by Crippen LogP contribution is -2.11. The Hall–Kier alpha value is -2.20. The predicted octanol–water partition coefficient (Wildman–Crippen LogP) is 2.74. The first kappa shape index (κ1) is 13.2. The van der Waals surface area contributed by atoms with Crippen molar-refractivity contribution in [1.82, 2.24) is 14.8 Å². The standard InChI is InChI=1S/C14H11N3O.ClH/c18-14(8-17-10-15-9-16-17)13-7-3-5-11-4-1-2-6-12(11)13;/h1-7,9-10H,8H2;1H. The Morgan fingerprint density at radius 1 is 1.11 bits per heavy atom. The molecule has 0 radical (unpaired) electrons. The number of Topliss-reactive ketones (excluding diaryl/α,β-unsaturated/α-hetero) is 1. The molecule has 0 atom stereocenters. The van der Waals surface area contributed by atoms with Crippen molar-refractivity contribution in [1.29, 1.82) is 0 Å². The fraction of sp³-hybridized carbons (Fsp3) is 0.0714. The molecule has 0 bridgehead atoms. The summed E-state index contributed by atoms with van der Waals surface area (Å²) in [5.41, 5.74) is 0.726. The fourth-order valence-electron chi connectivity index (χ4n) is 2.02. The topological polar surface area (TPSA) is 47.8 Å². The van der Waals surface area contributed by atoms with Gasteiger partial charge in [0.05, 0.1) is 0 Å². The molecule has 1 aromatic heterocycles. The summed E-state index contributed by atoms with van der Waals surface area (Å²) < 4.78 is 1.53. The number of nitrogens with zero attached hydrogens (tertiary/aromatic N) is 3. The van der Waals surface area contributed by atoms with Gasteiger partial charge in [0.15, 0.2) is 5.78 Å². The van der Waals surface area contributed by atoms with E-state index in [2.05, 4.69) is 10.1 Å². The van der Waals surface area contributed by atoms with Crippen LogP contribution in [0.1, 0.15) is 10.4 Å². The highest BCUT2D eigenvalue weighted by Crippen LogP contribution is 2.19. The Bertz CT molecular complexity index is 689. The zero-order valence-corrected chi connectivity index (χ0v) is 10.9. The second-order valence-electron chi connectivity index (χ2n) is 4.04. The van der Waals surface area contributed by atoms with Crippen molar-refractivity contribution < 1.29 is 4.79 Å². The summed E-state index contributed by atoms with van der Waals surface area (Å²) >= 11 is 0. The van der Waals surface area contributed by atoms with Gasteiger partial charge < -0.3 is 0 Å². The molecule has 19 heavy (non-hydrogen) atoms. The van der Waals surface area contributed by atoms with Gasteiger partial charge in [0.2, 0.25) is 0 Å². The normalized spacial score (nSPS) is 10.1. The van der Waals surface area contributed by atoms with Crippen molar-refractivity contribution in [2.24, 2.45) is 0 Å². The first-order chi connectivity index (χ1) is 8.84. The SMILES string of the molecule is Cl.O=C(Cn1cncn1)c1cccc2ccccc12. The van der Waals surface area contributed by atoms with E-state index in [4.69, 9.17) is 0 Å². The monoisotopic (exact) mass is 273 g/mol. The first-order valence-corrected chi connectivity index (χ1v) is 5.68. The van der Waals surface area contributed by atoms with E-state index in [1.165, 1.54) is 11.0 Å². The molecule has 1 heterocycles. The minimum absolute atomic E-state index is 0. The Kier molecular flexibility index (Phi) is 3.92. The average Bonchev–Trinajstić information content (AvgIpc) is 2.91. The molecule has 0 aliphatic heterocycles. The van der Waals surface area contributed by atoms with Gasteiger partial charge in [-0.2, -0.15) is 5.10 Å². The quantitative estimate of drug-likeness (QED) is 0.690. The highest BCUT2D eigenvalue weighted by atomic mass is 35.5. The van der Waals surface area contributed by atoms with Gasteiger partial charge >= 0.3 is 0 Å². The van der Waals surface area contributed by atoms with E-state index in [0.29, 0.717) is 0 Å². The number of hydrogen-bond donors (Lipinski definition) is 0. The predicted molar refractivity (Wildman–Crippen MR) is 75.5 cm³/mol. The summed E-state index contributed by atoms with van der Waals surface area (Å²) in [5.74, 6) is 0.0392. The Morgan fingerprint density at radius 3 is 2.68 bits per heavy atom. The van der Waals surface area contributed by atoms with Crippen LogP contribution in [0.2, 0.25) is 0 Å². The van der Waals surface area contributed by atoms with E-state index in [1.807, 2.05) is 42.5 Å². The third kappa shape index (κ3) is 2.63. The zero-order valence-electron chi connectivity index (χ0n) is 10.1. The van der Waals surface area contributed by atoms with Crippen LogP contribution in [0.5, 0.6) is 0 Å². The summed E-state index contributed by atoms with van der Waals surface area (Å²) in [6, 6.07) is 13.6. The number of hydrogen-bond acceptors (Lipinski definition) is 3. The third-order valence-corrected chi connectivity index (χ3v) is 2.86. The minimum atomic E-state index is 0. The van der Waals surface area contributed by atoms with Gasteiger partial charge in [0.25, 0.3) is 0 Å². The van der Waals surface area contributed by atoms with Crippen molar-refractivity contribution in [3.63, 3.8) is 0 Å². The van der Waals surface area contributed by atoms with Gasteiger partial charge in [-0.05, 0) is 10.8 Å². The summed E-state index contributed by atoms with van der Waals surface area (Å²) in [6.07, 6.45) is 2.97. The molecule has 3 aromatic rings. The second-order valence-corrected chi connectivity index (χ2v) is 4.04. The maximum Gasteiger partial charge on any atom is 0.184 e. The van der Waals surface area contributed by atoms with E-state index in [-0.39, 0.29) is 24.7 Å². The fourth-order valence-corrected chi connectivity index (χ4v) is 2.02. The molecule has 0 saturated heterocycles. The molecule has 0 N–H and O–H groups in total. The lowest BCUT2D eigenvalue weighted by atomic mass is 10.0. The molecule has 0 unspecified atom stereocenters. The molecule has 2 aromatic carbocycles. The Morgan fingerprint density at radius 2 is 1.89 bits per heavy atom. The van der Waals surface area contributed by atoms with Crippen molar-refractivity contribution >= 4 is 29.0 Å². The third-order valence-electron chi connectivity index (χ3n) is 2.86. The molecule has 3 rings (SSSR count). The highest BCUT2D eigenvalue weighted by molar-refractivity contribution is 6.07. The molecule has 0 fully saturated rings. The van der Waals surface area contributed by atoms with E-state index in [0.717, 1.165) is 16.3 Å². The molecule has 5 heteroatoms.